The zero-order valence-electron chi connectivity index (χ0n) is 79.0. The first-order valence-corrected chi connectivity index (χ1v) is 55.2. The van der Waals surface area contributed by atoms with E-state index in [1.54, 1.807) is 70.9 Å². The average Bonchev–Trinajstić information content (AvgIpc) is 1.59. The summed E-state index contributed by atoms with van der Waals surface area (Å²) in [7, 11) is -17.0. The lowest BCUT2D eigenvalue weighted by molar-refractivity contribution is -0.203. The van der Waals surface area contributed by atoms with Gasteiger partial charge in [0.1, 0.15) is 78.8 Å². The van der Waals surface area contributed by atoms with Crippen molar-refractivity contribution in [2.24, 2.45) is 5.73 Å². The Morgan fingerprint density at radius 2 is 0.664 bits per heavy atom. The molecule has 18 rings (SSSR count). The van der Waals surface area contributed by atoms with Gasteiger partial charge in [0.2, 0.25) is 47.6 Å². The third-order valence-electron chi connectivity index (χ3n) is 22.8. The maximum absolute atomic E-state index is 13.1. The Kier molecular flexibility index (Phi) is 36.3. The summed E-state index contributed by atoms with van der Waals surface area (Å²) in [6.45, 7) is 18.3. The van der Waals surface area contributed by atoms with E-state index in [-0.39, 0.29) is 103 Å². The number of rotatable bonds is 38. The fourth-order valence-corrected chi connectivity index (χ4v) is 20.9. The molecule has 0 radical (unpaired) electrons. The van der Waals surface area contributed by atoms with Gasteiger partial charge in [-0.1, -0.05) is 11.6 Å². The molecule has 143 heavy (non-hydrogen) atoms. The van der Waals surface area contributed by atoms with Gasteiger partial charge in [-0.05, 0) is 167 Å². The Labute approximate surface area is 840 Å². The van der Waals surface area contributed by atoms with Gasteiger partial charge in [0.15, 0.2) is 98.2 Å². The molecule has 14 heterocycles. The molecular weight excluding hydrogens is 2090 g/mol. The van der Waals surface area contributed by atoms with Gasteiger partial charge in [-0.2, -0.15) is 34.9 Å². The van der Waals surface area contributed by atoms with Crippen molar-refractivity contribution < 1.29 is 162 Å². The van der Waals surface area contributed by atoms with Crippen LogP contribution in [0.2, 0.25) is 26.3 Å². The summed E-state index contributed by atoms with van der Waals surface area (Å²) in [6.07, 6.45) is -1.44. The number of aliphatic hydroxyl groups is 4. The minimum absolute atomic E-state index is 0.0468. The summed E-state index contributed by atoms with van der Waals surface area (Å²) < 4.78 is 156. The minimum atomic E-state index is -5.02. The number of nitrogens with zero attached hydrogens (tertiary/aromatic N) is 16. The zero-order chi connectivity index (χ0) is 104. The van der Waals surface area contributed by atoms with E-state index in [9.17, 15) is 77.4 Å². The van der Waals surface area contributed by atoms with E-state index in [2.05, 4.69) is 85.2 Å². The smallest absolute Gasteiger partial charge is 0.365 e. The van der Waals surface area contributed by atoms with Gasteiger partial charge in [-0.25, -0.2) is 44.1 Å². The molecule has 4 aliphatic carbocycles. The van der Waals surface area contributed by atoms with Gasteiger partial charge in [-0.15, -0.1) is 0 Å². The molecule has 792 valence electrons. The lowest BCUT2D eigenvalue weighted by Crippen LogP contribution is -2.36. The second-order valence-corrected chi connectivity index (χ2v) is 45.2. The summed E-state index contributed by atoms with van der Waals surface area (Å²) in [5, 5.41) is 51.7. The van der Waals surface area contributed by atoms with E-state index in [1.807, 2.05) is 0 Å². The molecule has 5 unspecified atom stereocenters. The second kappa shape index (κ2) is 46.6. The van der Waals surface area contributed by atoms with Crippen molar-refractivity contribution in [1.29, 1.82) is 0 Å². The highest BCUT2D eigenvalue weighted by Crippen LogP contribution is 2.54. The van der Waals surface area contributed by atoms with Crippen LogP contribution >= 0.6 is 87.9 Å². The van der Waals surface area contributed by atoms with E-state index in [0.29, 0.717) is 62.9 Å². The number of aromatic nitrogens is 16. The molecule has 4 saturated carbocycles. The first-order valence-electron chi connectivity index (χ1n) is 45.6. The number of aliphatic hydroxyl groups excluding tert-OH is 4. The number of ether oxygens (including phenoxy) is 16. The van der Waals surface area contributed by atoms with Crippen LogP contribution in [-0.4, -0.2) is 354 Å². The number of fused-ring (bicyclic) bond motifs is 6. The first kappa shape index (κ1) is 112. The van der Waals surface area contributed by atoms with Crippen molar-refractivity contribution in [3.63, 3.8) is 0 Å². The summed E-state index contributed by atoms with van der Waals surface area (Å²) in [4.78, 5) is 137. The van der Waals surface area contributed by atoms with Crippen molar-refractivity contribution >= 4 is 174 Å². The van der Waals surface area contributed by atoms with Crippen LogP contribution in [0, 0.1) is 0 Å². The van der Waals surface area contributed by atoms with Gasteiger partial charge in [0, 0.05) is 37.5 Å². The third kappa shape index (κ3) is 27.0. The number of anilines is 3. The number of hydrogen-bond donors (Lipinski definition) is 12. The predicted molar refractivity (Wildman–Crippen MR) is 501 cm³/mol. The molecule has 6 aliphatic heterocycles. The molecule has 10 fully saturated rings. The van der Waals surface area contributed by atoms with Crippen LogP contribution in [-0.2, 0) is 122 Å². The summed E-state index contributed by atoms with van der Waals surface area (Å²) in [6, 6.07) is 1.46. The number of nitrogens with two attached hydrogens (primary N) is 1. The molecule has 0 amide bonds. The first-order chi connectivity index (χ1) is 67.6. The number of carbonyl (C=O) groups excluding carboxylic acids is 4. The van der Waals surface area contributed by atoms with Gasteiger partial charge < -0.3 is 147 Å². The predicted octanol–water partition coefficient (Wildman–Crippen LogP) is 6.34. The number of hydrogen-bond acceptors (Lipinski definition) is 46. The lowest BCUT2D eigenvalue weighted by Gasteiger charge is -2.27. The van der Waals surface area contributed by atoms with Gasteiger partial charge >= 0.3 is 39.1 Å². The minimum Gasteiger partial charge on any atom is -0.464 e. The Hall–Kier alpha value is -7.07. The van der Waals surface area contributed by atoms with Crippen LogP contribution < -0.4 is 21.7 Å². The molecule has 22 atom stereocenters. The summed E-state index contributed by atoms with van der Waals surface area (Å²) in [5.41, 5.74) is 8.23. The Morgan fingerprint density at radius 1 is 0.399 bits per heavy atom. The van der Waals surface area contributed by atoms with Crippen molar-refractivity contribution in [3.05, 3.63) is 51.6 Å². The van der Waals surface area contributed by atoms with Crippen LogP contribution in [0.5, 0.6) is 0 Å². The van der Waals surface area contributed by atoms with Crippen molar-refractivity contribution in [2.75, 3.05) is 95.3 Å². The van der Waals surface area contributed by atoms with Crippen LogP contribution in [0.15, 0.2) is 25.3 Å². The lowest BCUT2D eigenvalue weighted by atomic mass is 10.1. The molecule has 8 aromatic rings. The van der Waals surface area contributed by atoms with Crippen molar-refractivity contribution in [1.82, 2.24) is 78.1 Å². The third-order valence-corrected chi connectivity index (χ3v) is 29.6. The SMILES string of the molecule is CCOC(=O)C(OC[C@H]1OC(n2cnc3c(NC4CC4)nc(Cl)nc32)[C@@H]2OC(C)(C)O[C@H]12)P(C)(=O)OCC.CCOC(=O)C(OC[C@H]1O[C@@H](n2cnc3c(Cl)nc(Cl)nc32)[C@@H]2OC(C)(C)O[C@@H]21)P(C)(=O)OCC.CCOC(=O)[C@@H](OC[C@H]1O[C@@H](n2cnc3c(NC4CC4)nc(Cl)nc32)[C@H](O)[C@@H]1O)P(=O)(O)O.CCOC(=O)[C@H](OC[C@H]1O[C@@H](n2cnc3c(NC4CC4)nc(Cl)nc32)[C@H](O)[C@@H]1O)P(=O)(O)O.NC1CC1. The highest BCUT2D eigenvalue weighted by molar-refractivity contribution is 7.60. The molecule has 8 aromatic heterocycles. The van der Waals surface area contributed by atoms with E-state index in [4.69, 9.17) is 139 Å². The Bertz CT molecular complexity index is 5870. The van der Waals surface area contributed by atoms with E-state index in [0.717, 1.165) is 38.5 Å². The largest absolute Gasteiger partial charge is 0.464 e. The highest BCUT2D eigenvalue weighted by atomic mass is 35.5. The van der Waals surface area contributed by atoms with Crippen LogP contribution in [0.3, 0.4) is 0 Å². The molecule has 0 aromatic carbocycles. The number of carbonyl (C=O) groups is 4. The number of imidazole rings is 4. The Morgan fingerprint density at radius 3 is 0.958 bits per heavy atom. The highest BCUT2D eigenvalue weighted by Gasteiger charge is 2.60. The quantitative estimate of drug-likeness (QED) is 0.00660. The molecule has 63 heteroatoms. The van der Waals surface area contributed by atoms with E-state index in [1.165, 1.54) is 68.1 Å². The molecular formula is C80H113Cl5N20O34P4. The standard InChI is InChI=1S/C23H33ClN5O8P.C20H27Cl2N4O8P.2C17H23ClN5O9P.C3H7N/c1-6-32-20(30)21(38(5,31)34-7-2)33-10-13-15-16(37-23(3,4)36-15)19(35-13)29-11-25-14-17(26-12-8-9-12)27-22(24)28-18(14)29;1-6-29-17(27)18(35(5,28)31-7-2)30-8-10-12-13(34-20(3,4)33-12)16(32-10)26-9-23-11-14(21)24-19(22)25-15(11)26;2*1-2-30-15(26)16(33(27,28)29)31-5-8-10(24)11(25)14(32-8)23-6-19-9-12(20-7-3-4-7)21-17(18)22-13(9)23;4-3-1-2-3/h11-13,15-16,19,21H,6-10H2,1-5H3,(H,26,27,28);9-10,12-13,16,18H,6-8H2,1-5H3;2*6-8,10-11,14,16,24-25H,2-5H2,1H3,(H,20,21,22)(H2,27,28,29);3H,1-2,4H2/t13-,15-,16-,19?,21?,38?;10-,12-,13-,16-,18?,35?;8-,10-,11-,14-,16+;8-,10-,11-,14-,16-;/m1111./s1. The molecule has 6 saturated heterocycles. The second-order valence-electron chi connectivity index (χ2n) is 35.1. The molecule has 54 nitrogen and oxygen atoms in total. The number of esters is 4. The van der Waals surface area contributed by atoms with Gasteiger partial charge in [0.25, 0.3) is 11.7 Å². The Balaban J connectivity index is 0.000000149. The fraction of sp³-hybridized carbons (Fsp3) is 0.700. The van der Waals surface area contributed by atoms with Crippen LogP contribution in [0.1, 0.15) is 146 Å². The zero-order valence-corrected chi connectivity index (χ0v) is 86.4. The molecule has 13 N–H and O–H groups in total. The average molecular weight is 2200 g/mol. The topological polar surface area (TPSA) is 701 Å². The number of halogens is 5. The normalized spacial score (nSPS) is 27.5. The van der Waals surface area contributed by atoms with Crippen LogP contribution in [0.25, 0.3) is 44.7 Å². The molecule has 0 bridgehead atoms. The maximum Gasteiger partial charge on any atom is 0.365 e. The molecule has 0 spiro atoms. The van der Waals surface area contributed by atoms with E-state index < -0.39 is 200 Å². The summed E-state index contributed by atoms with van der Waals surface area (Å²) >= 11 is 30.5. The maximum atomic E-state index is 13.1. The van der Waals surface area contributed by atoms with E-state index >= 15 is 0 Å². The fourth-order valence-electron chi connectivity index (χ4n) is 15.8. The van der Waals surface area contributed by atoms with Gasteiger partial charge in [0.05, 0.1) is 91.4 Å². The van der Waals surface area contributed by atoms with Crippen molar-refractivity contribution in [2.45, 2.75) is 278 Å². The van der Waals surface area contributed by atoms with Gasteiger partial charge in [-0.3, -0.25) is 36.5 Å². The van der Waals surface area contributed by atoms with Crippen LogP contribution in [0.4, 0.5) is 17.5 Å². The monoisotopic (exact) mass is 2200 g/mol. The summed E-state index contributed by atoms with van der Waals surface area (Å²) in [5.74, 6) is -11.6. The molecule has 10 aliphatic rings. The number of nitrogens with one attached hydrogen (secondary N) is 3. The van der Waals surface area contributed by atoms with Crippen molar-refractivity contribution in [3.8, 4) is 0 Å².